The van der Waals surface area contributed by atoms with Crippen molar-refractivity contribution in [2.24, 2.45) is 0 Å². The van der Waals surface area contributed by atoms with Crippen LogP contribution in [-0.4, -0.2) is 0 Å². The van der Waals surface area contributed by atoms with Crippen molar-refractivity contribution in [3.8, 4) is 0 Å². The van der Waals surface area contributed by atoms with E-state index in [-0.39, 0.29) is 12.4 Å². The fourth-order valence-electron chi connectivity index (χ4n) is 0.993. The van der Waals surface area contributed by atoms with E-state index in [4.69, 9.17) is 0 Å². The van der Waals surface area contributed by atoms with Gasteiger partial charge < -0.3 is 0 Å². The van der Waals surface area contributed by atoms with Crippen LogP contribution in [0.2, 0.25) is 0 Å². The average molecular weight is 296 g/mol. The van der Waals surface area contributed by atoms with Gasteiger partial charge in [-0.2, -0.15) is 0 Å². The van der Waals surface area contributed by atoms with Gasteiger partial charge in [0.1, 0.15) is 0 Å². The summed E-state index contributed by atoms with van der Waals surface area (Å²) in [6, 6.07) is 18.1. The van der Waals surface area contributed by atoms with Gasteiger partial charge in [-0.05, 0) is 5.30 Å². The average Bonchev–Trinajstić information content (AvgIpc) is 2.25. The van der Waals surface area contributed by atoms with Crippen LogP contribution >= 0.6 is 21.6 Å². The summed E-state index contributed by atoms with van der Waals surface area (Å²) < 4.78 is 0.993. The molecule has 0 fully saturated rings. The van der Waals surface area contributed by atoms with Crippen LogP contribution < -0.4 is 9.84 Å². The van der Waals surface area contributed by atoms with Crippen molar-refractivity contribution in [1.82, 2.24) is 0 Å². The van der Waals surface area contributed by atoms with Crippen molar-refractivity contribution in [1.29, 1.82) is 0 Å². The molecule has 2 aromatic rings. The van der Waals surface area contributed by atoms with Crippen molar-refractivity contribution in [2.75, 3.05) is 0 Å². The molecule has 0 amide bonds. The van der Waals surface area contributed by atoms with E-state index in [2.05, 4.69) is 24.7 Å². The fraction of sp³-hybridized carbons (Fsp3) is 0.0769. The molecule has 0 spiro atoms. The minimum absolute atomic E-state index is 0. The number of aryl methyl sites for hydroxylation is 1. The zero-order valence-electron chi connectivity index (χ0n) is 9.00. The van der Waals surface area contributed by atoms with E-state index in [9.17, 15) is 0 Å². The Morgan fingerprint density at radius 3 is 1.69 bits per heavy atom. The first-order valence-electron chi connectivity index (χ1n) is 4.68. The van der Waals surface area contributed by atoms with Gasteiger partial charge >= 0.3 is 56.8 Å². The van der Waals surface area contributed by atoms with Crippen LogP contribution in [0.5, 0.6) is 0 Å². The first kappa shape index (κ1) is 15.7. The smallest absolute Gasteiger partial charge is 0.0303 e. The number of hydrogen-bond donors (Lipinski definition) is 0. The molecule has 0 saturated heterocycles. The van der Waals surface area contributed by atoms with Gasteiger partial charge in [0.2, 0.25) is 0 Å². The Hall–Kier alpha value is -0.346. The van der Waals surface area contributed by atoms with Crippen LogP contribution in [0.3, 0.4) is 0 Å². The molecule has 0 aliphatic heterocycles. The van der Waals surface area contributed by atoms with E-state index in [0.29, 0.717) is 0 Å². The van der Waals surface area contributed by atoms with E-state index in [1.54, 1.807) is 0 Å². The maximum absolute atomic E-state index is 4.67. The molecule has 0 aromatic heterocycles. The number of benzene rings is 2. The molecule has 1 atom stereocenters. The summed E-state index contributed by atoms with van der Waals surface area (Å²) in [5.74, 6) is 0. The molecule has 1 unspecified atom stereocenters. The third-order valence-electron chi connectivity index (χ3n) is 1.84. The van der Waals surface area contributed by atoms with Gasteiger partial charge in [0, 0.05) is 0 Å². The summed E-state index contributed by atoms with van der Waals surface area (Å²) in [6.45, 7) is 2.03. The third-order valence-corrected chi connectivity index (χ3v) is 2.78. The predicted octanol–water partition coefficient (Wildman–Crippen LogP) is 2.78. The number of hydrogen-bond acceptors (Lipinski definition) is 0. The Kier molecular flexibility index (Phi) is 8.58. The summed E-state index contributed by atoms with van der Waals surface area (Å²) in [5, 5.41) is 1.24. The van der Waals surface area contributed by atoms with Gasteiger partial charge in [-0.15, -0.1) is 21.6 Å². The number of rotatable bonds is 0. The molecule has 0 bridgehead atoms. The Bertz CT molecular complexity index is 383. The van der Waals surface area contributed by atoms with Crippen molar-refractivity contribution in [3.05, 3.63) is 60.2 Å². The van der Waals surface area contributed by atoms with E-state index in [0.717, 1.165) is 4.53 Å². The van der Waals surface area contributed by atoms with Crippen LogP contribution in [-0.2, 0) is 15.5 Å². The van der Waals surface area contributed by atoms with Crippen molar-refractivity contribution < 1.29 is 15.5 Å². The minimum Gasteiger partial charge on any atom is -0.147 e. The van der Waals surface area contributed by atoms with Gasteiger partial charge in [0.15, 0.2) is 0 Å². The number of halogens is 1. The molecule has 0 saturated carbocycles. The summed E-state index contributed by atoms with van der Waals surface area (Å²) >= 11 is 4.67. The molecule has 2 aromatic carbocycles. The van der Waals surface area contributed by atoms with Crippen LogP contribution in [0, 0.1) is 6.92 Å². The second-order valence-corrected chi connectivity index (χ2v) is 4.33. The van der Waals surface area contributed by atoms with E-state index < -0.39 is 0 Å². The van der Waals surface area contributed by atoms with Crippen LogP contribution in [0.15, 0.2) is 54.6 Å². The van der Waals surface area contributed by atoms with Crippen molar-refractivity contribution >= 4 is 31.5 Å². The summed E-state index contributed by atoms with van der Waals surface area (Å²) in [6.07, 6.45) is 0. The maximum Gasteiger partial charge on any atom is -0.0303 e. The van der Waals surface area contributed by atoms with E-state index >= 15 is 0 Å². The molecule has 2 rings (SSSR count). The Morgan fingerprint density at radius 1 is 0.875 bits per heavy atom. The third kappa shape index (κ3) is 6.28. The van der Waals surface area contributed by atoms with Gasteiger partial charge in [0.05, 0.1) is 0 Å². The summed E-state index contributed by atoms with van der Waals surface area (Å²) in [4.78, 5) is 0. The molecule has 16 heavy (non-hydrogen) atoms. The summed E-state index contributed by atoms with van der Waals surface area (Å²) in [5.41, 5.74) is 1.20. The molecule has 89 valence electrons. The maximum atomic E-state index is 4.67. The van der Waals surface area contributed by atoms with Crippen LogP contribution in [0.1, 0.15) is 5.56 Å². The van der Waals surface area contributed by atoms with Gasteiger partial charge in [-0.3, -0.25) is 0 Å². The Morgan fingerprint density at radius 2 is 1.38 bits per heavy atom. The van der Waals surface area contributed by atoms with Crippen LogP contribution in [0.25, 0.3) is 0 Å². The van der Waals surface area contributed by atoms with Gasteiger partial charge in [-0.25, -0.2) is 0 Å². The SMILES string of the molecule is Cc1cccc[c]1[Ni].Cl.Pc1ccccc1. The van der Waals surface area contributed by atoms with Gasteiger partial charge in [0.25, 0.3) is 0 Å². The van der Waals surface area contributed by atoms with E-state index in [1.165, 1.54) is 10.9 Å². The zero-order chi connectivity index (χ0) is 11.1. The fourth-order valence-corrected chi connectivity index (χ4v) is 1.39. The van der Waals surface area contributed by atoms with E-state index in [1.807, 2.05) is 61.5 Å². The molecular weight excluding hydrogens is 281 g/mol. The largest absolute Gasteiger partial charge is 0.147 e. The minimum atomic E-state index is 0. The van der Waals surface area contributed by atoms with Crippen LogP contribution in [0.4, 0.5) is 0 Å². The Balaban J connectivity index is 0.000000267. The molecule has 0 nitrogen and oxygen atoms in total. The zero-order valence-corrected chi connectivity index (χ0v) is 12.0. The molecule has 0 aliphatic rings. The second-order valence-electron chi connectivity index (χ2n) is 3.13. The summed E-state index contributed by atoms with van der Waals surface area (Å²) in [7, 11) is 2.63. The second kappa shape index (κ2) is 8.77. The molecular formula is C13H15ClNiP. The molecule has 0 aliphatic carbocycles. The van der Waals surface area contributed by atoms with Crippen molar-refractivity contribution in [2.45, 2.75) is 6.92 Å². The van der Waals surface area contributed by atoms with Gasteiger partial charge in [-0.1, -0.05) is 30.3 Å². The van der Waals surface area contributed by atoms with Crippen molar-refractivity contribution in [3.63, 3.8) is 0 Å². The Labute approximate surface area is 114 Å². The first-order valence-corrected chi connectivity index (χ1v) is 5.76. The molecule has 0 radical (unpaired) electrons. The topological polar surface area (TPSA) is 0 Å². The normalized spacial score (nSPS) is 8.50. The quantitative estimate of drug-likeness (QED) is 0.518. The first-order chi connectivity index (χ1) is 7.20. The molecule has 0 N–H and O–H groups in total. The standard InChI is InChI=1S/C7H7.C6H7P.ClH.Ni/c1-7-5-3-2-4-6-7;7-6-4-2-1-3-5-6;;/h2-5H,1H3;1-5H,7H2;1H;. The predicted molar refractivity (Wildman–Crippen MR) is 73.8 cm³/mol. The molecule has 0 heterocycles. The monoisotopic (exact) mass is 295 g/mol. The molecule has 3 heteroatoms.